The van der Waals surface area contributed by atoms with Gasteiger partial charge in [0.2, 0.25) is 0 Å². The van der Waals surface area contributed by atoms with E-state index in [1.54, 1.807) is 6.92 Å². The fourth-order valence-electron chi connectivity index (χ4n) is 0.0183. The number of rotatable bonds is 0. The minimum absolute atomic E-state index is 0.554. The number of thiol groups is 1. The molecule has 0 unspecified atom stereocenters. The van der Waals surface area contributed by atoms with E-state index in [0.29, 0.717) is 5.04 Å². The van der Waals surface area contributed by atoms with Gasteiger partial charge in [-0.15, -0.1) is 11.7 Å². The molecule has 0 aromatic heterocycles. The Balaban J connectivity index is 3.22. The predicted octanol–water partition coefficient (Wildman–Crippen LogP) is 1.37. The Kier molecular flexibility index (Phi) is 3.46. The van der Waals surface area contributed by atoms with Crippen LogP contribution in [-0.2, 0) is 0 Å². The van der Waals surface area contributed by atoms with Gasteiger partial charge in [0, 0.05) is 0 Å². The van der Waals surface area contributed by atoms with Crippen LogP contribution in [0.4, 0.5) is 0 Å². The Morgan fingerprint density at radius 1 is 2.00 bits per heavy atom. The van der Waals surface area contributed by atoms with E-state index in [-0.39, 0.29) is 0 Å². The summed E-state index contributed by atoms with van der Waals surface area (Å²) in [5.74, 6) is 0. The van der Waals surface area contributed by atoms with Gasteiger partial charge in [-0.1, -0.05) is 5.16 Å². The van der Waals surface area contributed by atoms with Crippen molar-refractivity contribution in [3.05, 3.63) is 0 Å². The molecule has 0 radical (unpaired) electrons. The SMILES string of the molecule is CC(=NO)SS. The lowest BCUT2D eigenvalue weighted by molar-refractivity contribution is 0.320. The molecule has 0 heterocycles. The molecule has 36 valence electrons. The Labute approximate surface area is 45.4 Å². The third-order valence-corrected chi connectivity index (χ3v) is 1.41. The van der Waals surface area contributed by atoms with Crippen LogP contribution in [0.3, 0.4) is 0 Å². The first-order valence-electron chi connectivity index (χ1n) is 1.31. The second kappa shape index (κ2) is 3.36. The summed E-state index contributed by atoms with van der Waals surface area (Å²) in [6.45, 7) is 1.66. The van der Waals surface area contributed by atoms with Crippen molar-refractivity contribution in [3.8, 4) is 0 Å². The van der Waals surface area contributed by atoms with Crippen LogP contribution in [-0.4, -0.2) is 10.3 Å². The molecule has 0 fully saturated rings. The van der Waals surface area contributed by atoms with Crippen molar-refractivity contribution < 1.29 is 5.21 Å². The maximum atomic E-state index is 7.85. The third-order valence-electron chi connectivity index (χ3n) is 0.273. The summed E-state index contributed by atoms with van der Waals surface area (Å²) in [6.07, 6.45) is 0. The summed E-state index contributed by atoms with van der Waals surface area (Å²) in [4.78, 5) is 0. The summed E-state index contributed by atoms with van der Waals surface area (Å²) in [5.41, 5.74) is 0. The van der Waals surface area contributed by atoms with Gasteiger partial charge in [0.1, 0.15) is 5.04 Å². The molecule has 6 heavy (non-hydrogen) atoms. The zero-order valence-electron chi connectivity index (χ0n) is 3.25. The molecular weight excluding hydrogens is 118 g/mol. The summed E-state index contributed by atoms with van der Waals surface area (Å²) in [7, 11) is 1.12. The minimum Gasteiger partial charge on any atom is -0.410 e. The Bertz CT molecular complexity index is 62.6. The molecule has 0 saturated carbocycles. The second-order valence-electron chi connectivity index (χ2n) is 0.710. The van der Waals surface area contributed by atoms with Crippen molar-refractivity contribution in [1.82, 2.24) is 0 Å². The largest absolute Gasteiger partial charge is 0.410 e. The molecule has 0 saturated heterocycles. The van der Waals surface area contributed by atoms with Crippen molar-refractivity contribution in [3.63, 3.8) is 0 Å². The van der Waals surface area contributed by atoms with E-state index < -0.39 is 0 Å². The molecule has 0 aliphatic carbocycles. The fourth-order valence-corrected chi connectivity index (χ4v) is 0.164. The molecule has 0 aromatic carbocycles. The van der Waals surface area contributed by atoms with Gasteiger partial charge < -0.3 is 5.21 Å². The van der Waals surface area contributed by atoms with E-state index in [9.17, 15) is 0 Å². The summed E-state index contributed by atoms with van der Waals surface area (Å²) in [5, 5.41) is 11.2. The van der Waals surface area contributed by atoms with E-state index in [2.05, 4.69) is 16.8 Å². The molecule has 0 rings (SSSR count). The summed E-state index contributed by atoms with van der Waals surface area (Å²) < 4.78 is 0. The van der Waals surface area contributed by atoms with Crippen LogP contribution in [0.1, 0.15) is 6.92 Å². The Morgan fingerprint density at radius 3 is 2.50 bits per heavy atom. The summed E-state index contributed by atoms with van der Waals surface area (Å²) >= 11 is 3.72. The van der Waals surface area contributed by atoms with Crippen LogP contribution in [0.15, 0.2) is 5.16 Å². The lowest BCUT2D eigenvalue weighted by atomic mass is 10.9. The second-order valence-corrected chi connectivity index (χ2v) is 2.03. The van der Waals surface area contributed by atoms with Crippen molar-refractivity contribution >= 4 is 27.5 Å². The molecule has 0 spiro atoms. The van der Waals surface area contributed by atoms with E-state index in [1.165, 1.54) is 0 Å². The van der Waals surface area contributed by atoms with Gasteiger partial charge in [-0.25, -0.2) is 0 Å². The van der Waals surface area contributed by atoms with Gasteiger partial charge in [0.25, 0.3) is 0 Å². The smallest absolute Gasteiger partial charge is 0.120 e. The molecule has 0 atom stereocenters. The zero-order chi connectivity index (χ0) is 4.99. The standard InChI is InChI=1S/C2H5NOS2/c1-2(3-4)6-5/h4-5H,1H3. The van der Waals surface area contributed by atoms with Crippen molar-refractivity contribution in [1.29, 1.82) is 0 Å². The predicted molar refractivity (Wildman–Crippen MR) is 31.5 cm³/mol. The molecule has 0 amide bonds. The van der Waals surface area contributed by atoms with E-state index in [0.717, 1.165) is 10.8 Å². The van der Waals surface area contributed by atoms with E-state index in [4.69, 9.17) is 5.21 Å². The highest BCUT2D eigenvalue weighted by atomic mass is 33.1. The Morgan fingerprint density at radius 2 is 2.50 bits per heavy atom. The number of oxime groups is 1. The topological polar surface area (TPSA) is 32.6 Å². The lowest BCUT2D eigenvalue weighted by Crippen LogP contribution is -1.73. The maximum absolute atomic E-state index is 7.85. The maximum Gasteiger partial charge on any atom is 0.120 e. The molecule has 0 aromatic rings. The molecular formula is C2H5NOS2. The number of hydrogen-bond donors (Lipinski definition) is 2. The average Bonchev–Trinajstić information content (AvgIpc) is 1.65. The van der Waals surface area contributed by atoms with Gasteiger partial charge in [0.05, 0.1) is 0 Å². The number of hydrogen-bond acceptors (Lipinski definition) is 4. The molecule has 0 aliphatic rings. The molecule has 1 N–H and O–H groups in total. The van der Waals surface area contributed by atoms with Crippen molar-refractivity contribution in [2.45, 2.75) is 6.92 Å². The van der Waals surface area contributed by atoms with Crippen molar-refractivity contribution in [2.24, 2.45) is 5.16 Å². The van der Waals surface area contributed by atoms with Crippen LogP contribution in [0.2, 0.25) is 0 Å². The van der Waals surface area contributed by atoms with Crippen LogP contribution >= 0.6 is 22.5 Å². The molecule has 0 bridgehead atoms. The first-order chi connectivity index (χ1) is 2.81. The van der Waals surface area contributed by atoms with Crippen LogP contribution < -0.4 is 0 Å². The third kappa shape index (κ3) is 2.41. The normalized spacial score (nSPS) is 12.0. The highest BCUT2D eigenvalue weighted by Crippen LogP contribution is 2.05. The van der Waals surface area contributed by atoms with Gasteiger partial charge in [-0.3, -0.25) is 0 Å². The van der Waals surface area contributed by atoms with E-state index >= 15 is 0 Å². The monoisotopic (exact) mass is 123 g/mol. The fraction of sp³-hybridized carbons (Fsp3) is 0.500. The Hall–Kier alpha value is 0.170. The quantitative estimate of drug-likeness (QED) is 0.127. The first kappa shape index (κ1) is 6.17. The highest BCUT2D eigenvalue weighted by Gasteiger charge is 1.79. The van der Waals surface area contributed by atoms with Crippen LogP contribution in [0.25, 0.3) is 0 Å². The zero-order valence-corrected chi connectivity index (χ0v) is 4.96. The van der Waals surface area contributed by atoms with E-state index in [1.807, 2.05) is 0 Å². The molecule has 4 heteroatoms. The summed E-state index contributed by atoms with van der Waals surface area (Å²) in [6, 6.07) is 0. The van der Waals surface area contributed by atoms with Crippen molar-refractivity contribution in [2.75, 3.05) is 0 Å². The van der Waals surface area contributed by atoms with Gasteiger partial charge in [-0.2, -0.15) is 0 Å². The molecule has 0 aliphatic heterocycles. The van der Waals surface area contributed by atoms with Gasteiger partial charge in [0.15, 0.2) is 0 Å². The molecule has 2 nitrogen and oxygen atoms in total. The first-order valence-corrected chi connectivity index (χ1v) is 3.18. The lowest BCUT2D eigenvalue weighted by Gasteiger charge is -1.80. The van der Waals surface area contributed by atoms with Crippen LogP contribution in [0.5, 0.6) is 0 Å². The minimum atomic E-state index is 0.554. The van der Waals surface area contributed by atoms with Gasteiger partial charge in [-0.05, 0) is 17.7 Å². The number of nitrogens with zero attached hydrogens (tertiary/aromatic N) is 1. The van der Waals surface area contributed by atoms with Gasteiger partial charge >= 0.3 is 0 Å². The highest BCUT2D eigenvalue weighted by molar-refractivity contribution is 8.74. The van der Waals surface area contributed by atoms with Crippen LogP contribution in [0, 0.1) is 0 Å². The average molecular weight is 123 g/mol.